The first-order valence-electron chi connectivity index (χ1n) is 3.93. The average Bonchev–Trinajstić information content (AvgIpc) is 1.90. The SMILES string of the molecule is [CH2]N1CC2CCC1CC2. The van der Waals surface area contributed by atoms with Gasteiger partial charge in [-0.1, -0.05) is 0 Å². The van der Waals surface area contributed by atoms with Crippen molar-refractivity contribution in [2.75, 3.05) is 6.54 Å². The van der Waals surface area contributed by atoms with Crippen molar-refractivity contribution in [3.63, 3.8) is 0 Å². The lowest BCUT2D eigenvalue weighted by Gasteiger charge is -2.43. The van der Waals surface area contributed by atoms with Crippen molar-refractivity contribution in [3.05, 3.63) is 7.05 Å². The Morgan fingerprint density at radius 3 is 2.00 bits per heavy atom. The number of rotatable bonds is 0. The van der Waals surface area contributed by atoms with Gasteiger partial charge in [-0.3, -0.25) is 4.90 Å². The third kappa shape index (κ3) is 0.877. The van der Waals surface area contributed by atoms with Crippen LogP contribution in [0.15, 0.2) is 0 Å². The molecule has 0 N–H and O–H groups in total. The summed E-state index contributed by atoms with van der Waals surface area (Å²) in [5, 5.41) is 0. The van der Waals surface area contributed by atoms with E-state index in [0.29, 0.717) is 0 Å². The third-order valence-corrected chi connectivity index (χ3v) is 2.83. The Morgan fingerprint density at radius 1 is 1.11 bits per heavy atom. The Labute approximate surface area is 57.0 Å². The molecule has 0 aromatic carbocycles. The summed E-state index contributed by atoms with van der Waals surface area (Å²) in [6.07, 6.45) is 5.76. The molecule has 9 heavy (non-hydrogen) atoms. The van der Waals surface area contributed by atoms with Crippen molar-refractivity contribution in [2.45, 2.75) is 31.7 Å². The molecule has 0 aromatic heterocycles. The second-order valence-corrected chi connectivity index (χ2v) is 3.45. The van der Waals surface area contributed by atoms with Gasteiger partial charge in [-0.2, -0.15) is 0 Å². The van der Waals surface area contributed by atoms with Crippen LogP contribution < -0.4 is 0 Å². The number of fused-ring (bicyclic) bond motifs is 3. The zero-order valence-corrected chi connectivity index (χ0v) is 5.84. The standard InChI is InChI=1S/C8H14N/c1-9-6-7-2-4-8(9)5-3-7/h7-8H,1-6H2. The Hall–Kier alpha value is -0.0400. The van der Waals surface area contributed by atoms with Gasteiger partial charge < -0.3 is 0 Å². The average molecular weight is 124 g/mol. The van der Waals surface area contributed by atoms with Gasteiger partial charge in [0.05, 0.1) is 0 Å². The lowest BCUT2D eigenvalue weighted by molar-refractivity contribution is 0.0883. The van der Waals surface area contributed by atoms with Crippen molar-refractivity contribution >= 4 is 0 Å². The second kappa shape index (κ2) is 1.98. The van der Waals surface area contributed by atoms with Gasteiger partial charge in [-0.25, -0.2) is 0 Å². The van der Waals surface area contributed by atoms with Gasteiger partial charge in [0.15, 0.2) is 0 Å². The predicted octanol–water partition coefficient (Wildman–Crippen LogP) is 1.65. The fraction of sp³-hybridized carbons (Fsp3) is 0.875. The van der Waals surface area contributed by atoms with Crippen LogP contribution in [0.2, 0.25) is 0 Å². The molecule has 2 bridgehead atoms. The maximum absolute atomic E-state index is 4.01. The maximum Gasteiger partial charge on any atom is 0.0113 e. The van der Waals surface area contributed by atoms with Crippen molar-refractivity contribution in [1.29, 1.82) is 0 Å². The molecule has 1 nitrogen and oxygen atoms in total. The molecule has 0 spiro atoms. The minimum atomic E-state index is 0.843. The van der Waals surface area contributed by atoms with Gasteiger partial charge >= 0.3 is 0 Å². The van der Waals surface area contributed by atoms with Gasteiger partial charge in [0, 0.05) is 19.6 Å². The van der Waals surface area contributed by atoms with Crippen LogP contribution in [0.3, 0.4) is 0 Å². The van der Waals surface area contributed by atoms with E-state index in [-0.39, 0.29) is 0 Å². The molecule has 1 saturated carbocycles. The largest absolute Gasteiger partial charge is 0.299 e. The molecule has 1 aliphatic carbocycles. The highest BCUT2D eigenvalue weighted by atomic mass is 15.1. The summed E-state index contributed by atoms with van der Waals surface area (Å²) in [5.74, 6) is 0.993. The molecule has 3 rings (SSSR count). The predicted molar refractivity (Wildman–Crippen MR) is 37.8 cm³/mol. The van der Waals surface area contributed by atoms with E-state index in [1.807, 2.05) is 0 Å². The summed E-state index contributed by atoms with van der Waals surface area (Å²) in [7, 11) is 4.01. The summed E-state index contributed by atoms with van der Waals surface area (Å²) in [4.78, 5) is 2.29. The molecule has 1 radical (unpaired) electrons. The minimum absolute atomic E-state index is 0.843. The molecule has 2 aliphatic heterocycles. The lowest BCUT2D eigenvalue weighted by atomic mass is 9.80. The smallest absolute Gasteiger partial charge is 0.0113 e. The molecule has 1 heteroatoms. The highest BCUT2D eigenvalue weighted by Crippen LogP contribution is 2.33. The van der Waals surface area contributed by atoms with Gasteiger partial charge in [-0.15, -0.1) is 0 Å². The summed E-state index contributed by atoms with van der Waals surface area (Å²) in [6, 6.07) is 0.843. The first kappa shape index (κ1) is 5.72. The molecule has 51 valence electrons. The van der Waals surface area contributed by atoms with Gasteiger partial charge in [0.2, 0.25) is 0 Å². The number of piperidine rings is 2. The third-order valence-electron chi connectivity index (χ3n) is 2.83. The number of hydrogen-bond donors (Lipinski definition) is 0. The lowest BCUT2D eigenvalue weighted by Crippen LogP contribution is -2.44. The second-order valence-electron chi connectivity index (χ2n) is 3.45. The van der Waals surface area contributed by atoms with Crippen molar-refractivity contribution in [1.82, 2.24) is 4.90 Å². The summed E-state index contributed by atoms with van der Waals surface area (Å²) in [5.41, 5.74) is 0. The van der Waals surface area contributed by atoms with Crippen molar-refractivity contribution in [3.8, 4) is 0 Å². The molecular weight excluding hydrogens is 110 g/mol. The van der Waals surface area contributed by atoms with Crippen LogP contribution in [0.25, 0.3) is 0 Å². The molecule has 0 aromatic rings. The Morgan fingerprint density at radius 2 is 1.78 bits per heavy atom. The minimum Gasteiger partial charge on any atom is -0.299 e. The zero-order chi connectivity index (χ0) is 6.27. The zero-order valence-electron chi connectivity index (χ0n) is 5.84. The molecule has 0 unspecified atom stereocenters. The van der Waals surface area contributed by atoms with Gasteiger partial charge in [0.1, 0.15) is 0 Å². The van der Waals surface area contributed by atoms with E-state index in [9.17, 15) is 0 Å². The Balaban J connectivity index is 2.06. The normalized spacial score (nSPS) is 43.7. The molecular formula is C8H14N. The highest BCUT2D eigenvalue weighted by molar-refractivity contribution is 4.87. The van der Waals surface area contributed by atoms with Crippen LogP contribution in [0, 0.1) is 13.0 Å². The van der Waals surface area contributed by atoms with E-state index >= 15 is 0 Å². The van der Waals surface area contributed by atoms with E-state index in [0.717, 1.165) is 12.0 Å². The fourth-order valence-electron chi connectivity index (χ4n) is 2.17. The summed E-state index contributed by atoms with van der Waals surface area (Å²) in [6.45, 7) is 1.27. The van der Waals surface area contributed by atoms with Crippen LogP contribution in [-0.2, 0) is 0 Å². The van der Waals surface area contributed by atoms with E-state index in [4.69, 9.17) is 0 Å². The molecule has 0 amide bonds. The van der Waals surface area contributed by atoms with E-state index in [1.165, 1.54) is 32.2 Å². The summed E-state index contributed by atoms with van der Waals surface area (Å²) < 4.78 is 0. The van der Waals surface area contributed by atoms with E-state index < -0.39 is 0 Å². The van der Waals surface area contributed by atoms with Crippen molar-refractivity contribution < 1.29 is 0 Å². The van der Waals surface area contributed by atoms with Crippen LogP contribution in [0.1, 0.15) is 25.7 Å². The first-order valence-corrected chi connectivity index (χ1v) is 3.93. The molecule has 2 heterocycles. The number of hydrogen-bond acceptors (Lipinski definition) is 1. The highest BCUT2D eigenvalue weighted by Gasteiger charge is 2.30. The van der Waals surface area contributed by atoms with Crippen LogP contribution in [-0.4, -0.2) is 17.5 Å². The first-order chi connectivity index (χ1) is 4.36. The maximum atomic E-state index is 4.01. The quantitative estimate of drug-likeness (QED) is 0.474. The molecule has 3 aliphatic rings. The Kier molecular flexibility index (Phi) is 1.26. The summed E-state index contributed by atoms with van der Waals surface area (Å²) >= 11 is 0. The van der Waals surface area contributed by atoms with Crippen LogP contribution in [0.5, 0.6) is 0 Å². The molecule has 3 fully saturated rings. The van der Waals surface area contributed by atoms with E-state index in [2.05, 4.69) is 11.9 Å². The van der Waals surface area contributed by atoms with E-state index in [1.54, 1.807) is 0 Å². The number of nitrogens with zero attached hydrogens (tertiary/aromatic N) is 1. The van der Waals surface area contributed by atoms with Crippen molar-refractivity contribution in [2.24, 2.45) is 5.92 Å². The van der Waals surface area contributed by atoms with Gasteiger partial charge in [0.25, 0.3) is 0 Å². The molecule has 2 saturated heterocycles. The Bertz CT molecular complexity index is 103. The fourth-order valence-corrected chi connectivity index (χ4v) is 2.17. The van der Waals surface area contributed by atoms with Crippen LogP contribution >= 0.6 is 0 Å². The van der Waals surface area contributed by atoms with Gasteiger partial charge in [-0.05, 0) is 31.6 Å². The van der Waals surface area contributed by atoms with Crippen LogP contribution in [0.4, 0.5) is 0 Å². The molecule has 0 atom stereocenters. The topological polar surface area (TPSA) is 3.24 Å². The monoisotopic (exact) mass is 124 g/mol.